The Hall–Kier alpha value is -2.36. The summed E-state index contributed by atoms with van der Waals surface area (Å²) in [5.41, 5.74) is 7.61. The molecule has 0 saturated carbocycles. The Morgan fingerprint density at radius 1 is 1.16 bits per heavy atom. The van der Waals surface area contributed by atoms with Gasteiger partial charge in [0.2, 0.25) is 0 Å². The number of amidine groups is 1. The van der Waals surface area contributed by atoms with Gasteiger partial charge in [0.05, 0.1) is 5.56 Å². The smallest absolute Gasteiger partial charge is 0.141 e. The number of hydrogen-bond donors (Lipinski definition) is 2. The van der Waals surface area contributed by atoms with Gasteiger partial charge in [-0.05, 0) is 49.2 Å². The van der Waals surface area contributed by atoms with Crippen LogP contribution in [0, 0.1) is 25.1 Å². The van der Waals surface area contributed by atoms with Crippen LogP contribution < -0.4 is 10.5 Å². The Bertz CT molecular complexity index is 638. The quantitative estimate of drug-likeness (QED) is 0.653. The second kappa shape index (κ2) is 5.10. The predicted octanol–water partition coefficient (Wildman–Crippen LogP) is 3.52. The monoisotopic (exact) mass is 258 g/mol. The van der Waals surface area contributed by atoms with Crippen LogP contribution in [-0.4, -0.2) is 5.84 Å². The van der Waals surface area contributed by atoms with Gasteiger partial charge in [0.25, 0.3) is 0 Å². The zero-order chi connectivity index (χ0) is 14.0. The third-order valence-corrected chi connectivity index (χ3v) is 2.95. The molecular weight excluding hydrogens is 243 g/mol. The molecule has 0 aromatic heterocycles. The molecule has 0 heterocycles. The topological polar surface area (TPSA) is 59.1 Å². The second-order valence-electron chi connectivity index (χ2n) is 4.37. The highest BCUT2D eigenvalue weighted by atomic mass is 19.1. The normalized spacial score (nSPS) is 10.3. The Morgan fingerprint density at radius 3 is 2.53 bits per heavy atom. The van der Waals surface area contributed by atoms with E-state index in [1.54, 1.807) is 12.1 Å². The van der Waals surface area contributed by atoms with E-state index in [0.717, 1.165) is 11.1 Å². The number of nitrogen functional groups attached to an aromatic ring is 1. The standard InChI is InChI=1S/C15H15FN2O/c1-9-6-7-11(8-10(9)2)19-13-5-3-4-12(16)14(13)15(17)18/h3-8H,1-2H3,(H3,17,18). The molecule has 98 valence electrons. The summed E-state index contributed by atoms with van der Waals surface area (Å²) in [4.78, 5) is 0. The zero-order valence-corrected chi connectivity index (χ0v) is 10.8. The van der Waals surface area contributed by atoms with Gasteiger partial charge < -0.3 is 10.5 Å². The number of rotatable bonds is 3. The summed E-state index contributed by atoms with van der Waals surface area (Å²) in [6.07, 6.45) is 0. The fourth-order valence-electron chi connectivity index (χ4n) is 1.76. The molecule has 0 aliphatic carbocycles. The molecule has 3 nitrogen and oxygen atoms in total. The molecule has 19 heavy (non-hydrogen) atoms. The van der Waals surface area contributed by atoms with Crippen molar-refractivity contribution in [3.8, 4) is 11.5 Å². The van der Waals surface area contributed by atoms with Crippen molar-refractivity contribution >= 4 is 5.84 Å². The molecule has 3 N–H and O–H groups in total. The minimum Gasteiger partial charge on any atom is -0.456 e. The third kappa shape index (κ3) is 2.73. The Labute approximate surface area is 111 Å². The maximum absolute atomic E-state index is 13.6. The molecule has 0 atom stereocenters. The molecular formula is C15H15FN2O. The first kappa shape index (κ1) is 13.1. The fourth-order valence-corrected chi connectivity index (χ4v) is 1.76. The van der Waals surface area contributed by atoms with Crippen LogP contribution in [0.25, 0.3) is 0 Å². The number of nitrogens with two attached hydrogens (primary N) is 1. The molecule has 0 aliphatic rings. The third-order valence-electron chi connectivity index (χ3n) is 2.95. The maximum Gasteiger partial charge on any atom is 0.141 e. The van der Waals surface area contributed by atoms with Crippen LogP contribution in [0.1, 0.15) is 16.7 Å². The Balaban J connectivity index is 2.40. The Morgan fingerprint density at radius 2 is 1.89 bits per heavy atom. The predicted molar refractivity (Wildman–Crippen MR) is 73.4 cm³/mol. The van der Waals surface area contributed by atoms with Gasteiger partial charge in [0.15, 0.2) is 0 Å². The van der Waals surface area contributed by atoms with Crippen LogP contribution in [0.3, 0.4) is 0 Å². The summed E-state index contributed by atoms with van der Waals surface area (Å²) < 4.78 is 19.3. The molecule has 0 fully saturated rings. The van der Waals surface area contributed by atoms with Gasteiger partial charge >= 0.3 is 0 Å². The summed E-state index contributed by atoms with van der Waals surface area (Å²) in [5.74, 6) is -0.0716. The van der Waals surface area contributed by atoms with Crippen LogP contribution in [0.5, 0.6) is 11.5 Å². The number of benzene rings is 2. The fraction of sp³-hybridized carbons (Fsp3) is 0.133. The van der Waals surface area contributed by atoms with Crippen LogP contribution in [0.2, 0.25) is 0 Å². The van der Waals surface area contributed by atoms with Crippen molar-refractivity contribution in [2.24, 2.45) is 5.73 Å². The lowest BCUT2D eigenvalue weighted by molar-refractivity contribution is 0.474. The van der Waals surface area contributed by atoms with E-state index >= 15 is 0 Å². The van der Waals surface area contributed by atoms with Crippen molar-refractivity contribution in [1.82, 2.24) is 0 Å². The summed E-state index contributed by atoms with van der Waals surface area (Å²) in [6, 6.07) is 9.97. The number of aryl methyl sites for hydroxylation is 2. The lowest BCUT2D eigenvalue weighted by Crippen LogP contribution is -2.14. The van der Waals surface area contributed by atoms with Crippen LogP contribution in [-0.2, 0) is 0 Å². The SMILES string of the molecule is Cc1ccc(Oc2cccc(F)c2C(=N)N)cc1C. The first-order valence-corrected chi connectivity index (χ1v) is 5.87. The molecule has 0 saturated heterocycles. The highest BCUT2D eigenvalue weighted by Gasteiger charge is 2.13. The molecule has 0 radical (unpaired) electrons. The van der Waals surface area contributed by atoms with Crippen LogP contribution in [0.4, 0.5) is 4.39 Å². The van der Waals surface area contributed by atoms with E-state index < -0.39 is 5.82 Å². The minimum absolute atomic E-state index is 0.0132. The average molecular weight is 258 g/mol. The average Bonchev–Trinajstić information content (AvgIpc) is 2.33. The summed E-state index contributed by atoms with van der Waals surface area (Å²) in [7, 11) is 0. The van der Waals surface area contributed by atoms with E-state index in [-0.39, 0.29) is 17.1 Å². The van der Waals surface area contributed by atoms with Gasteiger partial charge in [0, 0.05) is 0 Å². The first-order valence-electron chi connectivity index (χ1n) is 5.87. The lowest BCUT2D eigenvalue weighted by Gasteiger charge is -2.12. The van der Waals surface area contributed by atoms with Gasteiger partial charge in [-0.1, -0.05) is 12.1 Å². The van der Waals surface area contributed by atoms with Gasteiger partial charge in [-0.2, -0.15) is 0 Å². The maximum atomic E-state index is 13.6. The number of nitrogens with one attached hydrogen (secondary N) is 1. The molecule has 2 aromatic carbocycles. The van der Waals surface area contributed by atoms with Crippen LogP contribution >= 0.6 is 0 Å². The zero-order valence-electron chi connectivity index (χ0n) is 10.8. The van der Waals surface area contributed by atoms with Crippen LogP contribution in [0.15, 0.2) is 36.4 Å². The number of hydrogen-bond acceptors (Lipinski definition) is 2. The molecule has 0 aliphatic heterocycles. The van der Waals surface area contributed by atoms with E-state index in [1.165, 1.54) is 12.1 Å². The van der Waals surface area contributed by atoms with Crippen molar-refractivity contribution in [3.63, 3.8) is 0 Å². The second-order valence-corrected chi connectivity index (χ2v) is 4.37. The summed E-state index contributed by atoms with van der Waals surface area (Å²) in [6.45, 7) is 3.97. The molecule has 0 unspecified atom stereocenters. The van der Waals surface area contributed by atoms with Gasteiger partial charge in [0.1, 0.15) is 23.2 Å². The molecule has 2 aromatic rings. The minimum atomic E-state index is -0.561. The van der Waals surface area contributed by atoms with Crippen molar-refractivity contribution in [2.45, 2.75) is 13.8 Å². The molecule has 0 amide bonds. The van der Waals surface area contributed by atoms with Crippen molar-refractivity contribution in [2.75, 3.05) is 0 Å². The highest BCUT2D eigenvalue weighted by molar-refractivity contribution is 5.98. The van der Waals surface area contributed by atoms with Gasteiger partial charge in [-0.25, -0.2) is 4.39 Å². The molecule has 4 heteroatoms. The first-order chi connectivity index (χ1) is 8.99. The molecule has 2 rings (SSSR count). The van der Waals surface area contributed by atoms with E-state index in [2.05, 4.69) is 0 Å². The Kier molecular flexibility index (Phi) is 3.51. The largest absolute Gasteiger partial charge is 0.456 e. The lowest BCUT2D eigenvalue weighted by atomic mass is 10.1. The number of halogens is 1. The molecule has 0 bridgehead atoms. The molecule has 0 spiro atoms. The van der Waals surface area contributed by atoms with Crippen molar-refractivity contribution in [1.29, 1.82) is 5.41 Å². The summed E-state index contributed by atoms with van der Waals surface area (Å²) >= 11 is 0. The van der Waals surface area contributed by atoms with Gasteiger partial charge in [-0.3, -0.25) is 5.41 Å². The van der Waals surface area contributed by atoms with E-state index in [1.807, 2.05) is 26.0 Å². The van der Waals surface area contributed by atoms with Crippen molar-refractivity contribution < 1.29 is 9.13 Å². The highest BCUT2D eigenvalue weighted by Crippen LogP contribution is 2.28. The number of ether oxygens (including phenoxy) is 1. The van der Waals surface area contributed by atoms with Crippen molar-refractivity contribution in [3.05, 3.63) is 58.9 Å². The van der Waals surface area contributed by atoms with E-state index in [0.29, 0.717) is 5.75 Å². The summed E-state index contributed by atoms with van der Waals surface area (Å²) in [5, 5.41) is 7.42. The van der Waals surface area contributed by atoms with Gasteiger partial charge in [-0.15, -0.1) is 0 Å². The van der Waals surface area contributed by atoms with E-state index in [9.17, 15) is 4.39 Å². The van der Waals surface area contributed by atoms with E-state index in [4.69, 9.17) is 15.9 Å².